The molecule has 37 heavy (non-hydrogen) atoms. The summed E-state index contributed by atoms with van der Waals surface area (Å²) in [5, 5.41) is 17.8. The molecule has 192 valence electrons. The highest BCUT2D eigenvalue weighted by atomic mass is 35.5. The lowest BCUT2D eigenvalue weighted by atomic mass is 10.0. The first-order valence-corrected chi connectivity index (χ1v) is 12.5. The lowest BCUT2D eigenvalue weighted by molar-refractivity contribution is 0.00706. The van der Waals surface area contributed by atoms with Crippen molar-refractivity contribution in [1.29, 1.82) is 0 Å². The summed E-state index contributed by atoms with van der Waals surface area (Å²) in [7, 11) is 1.84. The van der Waals surface area contributed by atoms with Gasteiger partial charge < -0.3 is 29.6 Å². The summed E-state index contributed by atoms with van der Waals surface area (Å²) < 4.78 is 34.2. The van der Waals surface area contributed by atoms with Gasteiger partial charge in [-0.15, -0.1) is 0 Å². The molecule has 0 saturated carbocycles. The number of nitrogens with one attached hydrogen (secondary N) is 2. The second kappa shape index (κ2) is 8.66. The highest BCUT2D eigenvalue weighted by Crippen LogP contribution is 2.39. The standard InChI is InChI=1S/C25H24ClFN6O4/c1-33-8-13(7-28-33)12-4-11-2-3-16(20(11)15(27)5-12)29-23-14(26)6-17-24(31-23)32-25(30-17)37-19-10-36-21-18(34)9-35-22(19)21/h4-8,16,18-19,21-22,34H,2-3,9-10H2,1H3,(H2,29,30,31,32)/t16?,18-,19-,21?,22?/m1/s1. The van der Waals surface area contributed by atoms with Gasteiger partial charge in [0.05, 0.1) is 36.0 Å². The molecule has 0 spiro atoms. The molecule has 4 aromatic rings. The highest BCUT2D eigenvalue weighted by molar-refractivity contribution is 6.33. The highest BCUT2D eigenvalue weighted by Gasteiger charge is 2.48. The van der Waals surface area contributed by atoms with Gasteiger partial charge in [0.15, 0.2) is 11.8 Å². The summed E-state index contributed by atoms with van der Waals surface area (Å²) in [4.78, 5) is 12.1. The van der Waals surface area contributed by atoms with Crippen LogP contribution in [0.15, 0.2) is 30.6 Å². The molecule has 1 aromatic carbocycles. The monoisotopic (exact) mass is 526 g/mol. The number of fused-ring (bicyclic) bond motifs is 3. The number of H-pyrrole nitrogens is 1. The van der Waals surface area contributed by atoms with E-state index in [0.717, 1.165) is 23.1 Å². The third-order valence-electron chi connectivity index (χ3n) is 7.26. The van der Waals surface area contributed by atoms with Crippen molar-refractivity contribution < 1.29 is 23.7 Å². The van der Waals surface area contributed by atoms with E-state index in [9.17, 15) is 5.11 Å². The Kier molecular flexibility index (Phi) is 5.36. The lowest BCUT2D eigenvalue weighted by Gasteiger charge is -2.17. The van der Waals surface area contributed by atoms with Crippen LogP contribution in [0.25, 0.3) is 22.3 Å². The van der Waals surface area contributed by atoms with Gasteiger partial charge in [-0.1, -0.05) is 17.7 Å². The molecule has 0 radical (unpaired) electrons. The maximum Gasteiger partial charge on any atom is 0.296 e. The molecule has 0 bridgehead atoms. The molecule has 5 atom stereocenters. The van der Waals surface area contributed by atoms with Crippen LogP contribution in [0.4, 0.5) is 10.2 Å². The van der Waals surface area contributed by atoms with Crippen LogP contribution < -0.4 is 10.1 Å². The molecule has 3 aliphatic rings. The molecule has 3 aromatic heterocycles. The van der Waals surface area contributed by atoms with Crippen LogP contribution in [0.1, 0.15) is 23.6 Å². The number of aromatic nitrogens is 5. The number of pyridine rings is 1. The summed E-state index contributed by atoms with van der Waals surface area (Å²) in [5.74, 6) is 0.155. The first-order chi connectivity index (χ1) is 17.9. The second-order valence-corrected chi connectivity index (χ2v) is 10.1. The summed E-state index contributed by atoms with van der Waals surface area (Å²) in [5.41, 5.74) is 4.29. The Labute approximate surface area is 215 Å². The first kappa shape index (κ1) is 22.9. The predicted octanol–water partition coefficient (Wildman–Crippen LogP) is 3.16. The lowest BCUT2D eigenvalue weighted by Crippen LogP contribution is -2.34. The van der Waals surface area contributed by atoms with Crippen LogP contribution in [-0.4, -0.2) is 67.5 Å². The normalized spacial score (nSPS) is 26.5. The van der Waals surface area contributed by atoms with Crippen molar-refractivity contribution in [3.05, 3.63) is 52.6 Å². The van der Waals surface area contributed by atoms with Gasteiger partial charge in [-0.05, 0) is 36.1 Å². The van der Waals surface area contributed by atoms with E-state index in [2.05, 4.69) is 25.4 Å². The Balaban J connectivity index is 1.12. The number of rotatable bonds is 5. The summed E-state index contributed by atoms with van der Waals surface area (Å²) >= 11 is 6.54. The third kappa shape index (κ3) is 3.93. The van der Waals surface area contributed by atoms with E-state index >= 15 is 4.39 Å². The summed E-state index contributed by atoms with van der Waals surface area (Å²) in [6.45, 7) is 0.511. The number of hydrogen-bond donors (Lipinski definition) is 3. The molecule has 0 amide bonds. The van der Waals surface area contributed by atoms with Gasteiger partial charge in [0.25, 0.3) is 6.01 Å². The minimum absolute atomic E-state index is 0.219. The van der Waals surface area contributed by atoms with Crippen molar-refractivity contribution in [2.45, 2.75) is 43.3 Å². The maximum absolute atomic E-state index is 15.3. The number of anilines is 1. The molecule has 2 aliphatic heterocycles. The largest absolute Gasteiger partial charge is 0.456 e. The van der Waals surface area contributed by atoms with Crippen molar-refractivity contribution in [3.8, 4) is 17.1 Å². The second-order valence-electron chi connectivity index (χ2n) is 9.72. The third-order valence-corrected chi connectivity index (χ3v) is 7.55. The van der Waals surface area contributed by atoms with Crippen LogP contribution in [0, 0.1) is 5.82 Å². The number of benzene rings is 1. The Morgan fingerprint density at radius 2 is 2.05 bits per heavy atom. The van der Waals surface area contributed by atoms with E-state index in [4.69, 9.17) is 25.8 Å². The molecule has 1 aliphatic carbocycles. The Hall–Kier alpha value is -3.25. The van der Waals surface area contributed by atoms with Crippen molar-refractivity contribution in [1.82, 2.24) is 24.7 Å². The van der Waals surface area contributed by atoms with Crippen molar-refractivity contribution in [2.75, 3.05) is 18.5 Å². The predicted molar refractivity (Wildman–Crippen MR) is 132 cm³/mol. The average molecular weight is 527 g/mol. The number of aliphatic hydroxyl groups is 1. The fraction of sp³-hybridized carbons (Fsp3) is 0.400. The zero-order chi connectivity index (χ0) is 25.3. The summed E-state index contributed by atoms with van der Waals surface area (Å²) in [6, 6.07) is 5.28. The van der Waals surface area contributed by atoms with Crippen LogP contribution in [0.5, 0.6) is 6.01 Å². The fourth-order valence-corrected chi connectivity index (χ4v) is 5.71. The number of hydrogen-bond acceptors (Lipinski definition) is 8. The number of aliphatic hydroxyl groups excluding tert-OH is 1. The number of ether oxygens (including phenoxy) is 3. The molecule has 7 rings (SSSR count). The number of aryl methyl sites for hydroxylation is 2. The molecular formula is C25H24ClFN6O4. The van der Waals surface area contributed by atoms with Crippen molar-refractivity contribution in [3.63, 3.8) is 0 Å². The van der Waals surface area contributed by atoms with Gasteiger partial charge in [0.2, 0.25) is 0 Å². The maximum atomic E-state index is 15.3. The van der Waals surface area contributed by atoms with Crippen LogP contribution in [0.2, 0.25) is 5.02 Å². The van der Waals surface area contributed by atoms with Crippen LogP contribution in [0.3, 0.4) is 0 Å². The Morgan fingerprint density at radius 1 is 1.19 bits per heavy atom. The smallest absolute Gasteiger partial charge is 0.296 e. The number of imidazole rings is 1. The summed E-state index contributed by atoms with van der Waals surface area (Å²) in [6.07, 6.45) is 3.25. The van der Waals surface area contributed by atoms with Gasteiger partial charge in [0, 0.05) is 24.4 Å². The van der Waals surface area contributed by atoms with E-state index in [0.29, 0.717) is 40.6 Å². The molecule has 3 N–H and O–H groups in total. The fourth-order valence-electron chi connectivity index (χ4n) is 5.50. The quantitative estimate of drug-likeness (QED) is 0.363. The van der Waals surface area contributed by atoms with Gasteiger partial charge in [-0.2, -0.15) is 10.1 Å². The minimum Gasteiger partial charge on any atom is -0.456 e. The molecular weight excluding hydrogens is 503 g/mol. The Morgan fingerprint density at radius 3 is 2.89 bits per heavy atom. The van der Waals surface area contributed by atoms with Gasteiger partial charge in [-0.25, -0.2) is 9.37 Å². The zero-order valence-corrected chi connectivity index (χ0v) is 20.6. The molecule has 10 nitrogen and oxygen atoms in total. The van der Waals surface area contributed by atoms with Crippen LogP contribution in [-0.2, 0) is 22.9 Å². The van der Waals surface area contributed by atoms with Gasteiger partial charge in [-0.3, -0.25) is 4.68 Å². The van der Waals surface area contributed by atoms with Crippen molar-refractivity contribution in [2.24, 2.45) is 7.05 Å². The SMILES string of the molecule is Cn1cc(-c2cc(F)c3c(c2)CCC3Nc2nc3nc(O[C@@H]4COC5C4OC[C@H]5O)[nH]c3cc2Cl)cn1. The number of aromatic amines is 1. The van der Waals surface area contributed by atoms with E-state index < -0.39 is 18.3 Å². The van der Waals surface area contributed by atoms with Gasteiger partial charge >= 0.3 is 0 Å². The molecule has 3 unspecified atom stereocenters. The Bertz CT molecular complexity index is 1510. The average Bonchev–Trinajstić information content (AvgIpc) is 3.67. The first-order valence-electron chi connectivity index (χ1n) is 12.1. The molecule has 2 saturated heterocycles. The number of halogens is 2. The zero-order valence-electron chi connectivity index (χ0n) is 19.8. The topological polar surface area (TPSA) is 119 Å². The molecule has 2 fully saturated rings. The van der Waals surface area contributed by atoms with Crippen molar-refractivity contribution >= 4 is 28.6 Å². The van der Waals surface area contributed by atoms with Crippen LogP contribution >= 0.6 is 11.6 Å². The van der Waals surface area contributed by atoms with E-state index in [1.807, 2.05) is 19.3 Å². The van der Waals surface area contributed by atoms with E-state index in [-0.39, 0.29) is 30.6 Å². The van der Waals surface area contributed by atoms with E-state index in [1.54, 1.807) is 23.0 Å². The van der Waals surface area contributed by atoms with E-state index in [1.165, 1.54) is 0 Å². The number of nitrogens with zero attached hydrogens (tertiary/aromatic N) is 4. The molecule has 12 heteroatoms. The molecule has 5 heterocycles. The minimum atomic E-state index is -0.657. The van der Waals surface area contributed by atoms with Gasteiger partial charge in [0.1, 0.15) is 29.9 Å².